The molecular weight excluding hydrogens is 148 g/mol. The number of ether oxygens (including phenoxy) is 3. The van der Waals surface area contributed by atoms with Crippen LogP contribution in [0.1, 0.15) is 6.42 Å². The lowest BCUT2D eigenvalue weighted by Crippen LogP contribution is -2.43. The van der Waals surface area contributed by atoms with Crippen molar-refractivity contribution in [1.82, 2.24) is 0 Å². The highest BCUT2D eigenvalue weighted by Crippen LogP contribution is 2.16. The lowest BCUT2D eigenvalue weighted by atomic mass is 10.1. The summed E-state index contributed by atoms with van der Waals surface area (Å²) in [6.45, 7) is 0.399. The molecule has 1 N–H and O–H groups in total. The molecule has 0 aromatic rings. The minimum Gasteiger partial charge on any atom is -0.378 e. The SMILES string of the molecule is CO[C@H]1C[C@H](O)OC[C@H]1OC. The first-order chi connectivity index (χ1) is 5.27. The van der Waals surface area contributed by atoms with Crippen LogP contribution in [0, 0.1) is 0 Å². The van der Waals surface area contributed by atoms with E-state index in [1.807, 2.05) is 0 Å². The molecule has 0 saturated carbocycles. The lowest BCUT2D eigenvalue weighted by molar-refractivity contribution is -0.206. The van der Waals surface area contributed by atoms with Gasteiger partial charge in [-0.15, -0.1) is 0 Å². The molecule has 4 heteroatoms. The van der Waals surface area contributed by atoms with Gasteiger partial charge in [0.2, 0.25) is 0 Å². The zero-order chi connectivity index (χ0) is 8.27. The van der Waals surface area contributed by atoms with Crippen molar-refractivity contribution in [3.63, 3.8) is 0 Å². The molecule has 0 spiro atoms. The van der Waals surface area contributed by atoms with Crippen molar-refractivity contribution in [3.8, 4) is 0 Å². The Hall–Kier alpha value is -0.160. The second-order valence-corrected chi connectivity index (χ2v) is 2.57. The molecule has 1 rings (SSSR count). The van der Waals surface area contributed by atoms with Crippen LogP contribution >= 0.6 is 0 Å². The van der Waals surface area contributed by atoms with Gasteiger partial charge in [0.15, 0.2) is 6.29 Å². The monoisotopic (exact) mass is 162 g/mol. The average molecular weight is 162 g/mol. The molecule has 1 aliphatic heterocycles. The highest BCUT2D eigenvalue weighted by molar-refractivity contribution is 4.75. The quantitative estimate of drug-likeness (QED) is 0.608. The second-order valence-electron chi connectivity index (χ2n) is 2.57. The number of hydrogen-bond donors (Lipinski definition) is 1. The minimum absolute atomic E-state index is 0.0521. The largest absolute Gasteiger partial charge is 0.378 e. The maximum Gasteiger partial charge on any atom is 0.157 e. The van der Waals surface area contributed by atoms with Crippen LogP contribution in [0.2, 0.25) is 0 Å². The van der Waals surface area contributed by atoms with Gasteiger partial charge in [-0.2, -0.15) is 0 Å². The summed E-state index contributed by atoms with van der Waals surface area (Å²) >= 11 is 0. The predicted octanol–water partition coefficient (Wildman–Crippen LogP) is -0.245. The molecule has 66 valence electrons. The van der Waals surface area contributed by atoms with E-state index in [1.165, 1.54) is 0 Å². The fourth-order valence-electron chi connectivity index (χ4n) is 1.20. The van der Waals surface area contributed by atoms with Crippen LogP contribution in [0.4, 0.5) is 0 Å². The molecule has 0 aromatic heterocycles. The molecule has 0 unspecified atom stereocenters. The Morgan fingerprint density at radius 2 is 1.91 bits per heavy atom. The highest BCUT2D eigenvalue weighted by Gasteiger charge is 2.29. The van der Waals surface area contributed by atoms with E-state index in [0.717, 1.165) is 0 Å². The summed E-state index contributed by atoms with van der Waals surface area (Å²) in [5, 5.41) is 9.07. The van der Waals surface area contributed by atoms with Crippen LogP contribution in [0.3, 0.4) is 0 Å². The number of rotatable bonds is 2. The first-order valence-electron chi connectivity index (χ1n) is 3.63. The van der Waals surface area contributed by atoms with Crippen molar-refractivity contribution in [2.45, 2.75) is 24.9 Å². The summed E-state index contributed by atoms with van der Waals surface area (Å²) in [6, 6.07) is 0. The summed E-state index contributed by atoms with van der Waals surface area (Å²) in [5.74, 6) is 0. The molecule has 0 aliphatic carbocycles. The highest BCUT2D eigenvalue weighted by atomic mass is 16.6. The molecule has 0 aromatic carbocycles. The minimum atomic E-state index is -0.702. The molecule has 1 aliphatic rings. The normalized spacial score (nSPS) is 39.0. The third-order valence-electron chi connectivity index (χ3n) is 1.91. The van der Waals surface area contributed by atoms with E-state index in [2.05, 4.69) is 0 Å². The van der Waals surface area contributed by atoms with Crippen molar-refractivity contribution in [1.29, 1.82) is 0 Å². The summed E-state index contributed by atoms with van der Waals surface area (Å²) in [4.78, 5) is 0. The van der Waals surface area contributed by atoms with Gasteiger partial charge < -0.3 is 19.3 Å². The topological polar surface area (TPSA) is 47.9 Å². The molecule has 3 atom stereocenters. The second kappa shape index (κ2) is 4.01. The van der Waals surface area contributed by atoms with Crippen LogP contribution in [-0.2, 0) is 14.2 Å². The number of methoxy groups -OCH3 is 2. The Morgan fingerprint density at radius 1 is 1.27 bits per heavy atom. The van der Waals surface area contributed by atoms with Crippen LogP contribution in [-0.4, -0.2) is 44.4 Å². The Bertz CT molecular complexity index is 117. The first-order valence-corrected chi connectivity index (χ1v) is 3.63. The average Bonchev–Trinajstić information content (AvgIpc) is 2.04. The van der Waals surface area contributed by atoms with Gasteiger partial charge in [-0.25, -0.2) is 0 Å². The lowest BCUT2D eigenvalue weighted by Gasteiger charge is -2.31. The molecule has 1 saturated heterocycles. The third-order valence-corrected chi connectivity index (χ3v) is 1.91. The smallest absolute Gasteiger partial charge is 0.157 e. The Kier molecular flexibility index (Phi) is 3.26. The zero-order valence-electron chi connectivity index (χ0n) is 6.82. The van der Waals surface area contributed by atoms with E-state index in [0.29, 0.717) is 13.0 Å². The summed E-state index contributed by atoms with van der Waals surface area (Å²) in [7, 11) is 3.21. The summed E-state index contributed by atoms with van der Waals surface area (Å²) < 4.78 is 15.1. The van der Waals surface area contributed by atoms with Gasteiger partial charge in [-0.3, -0.25) is 0 Å². The Balaban J connectivity index is 2.41. The Labute approximate surface area is 66.1 Å². The number of aliphatic hydroxyl groups excluding tert-OH is 1. The Morgan fingerprint density at radius 3 is 2.45 bits per heavy atom. The molecule has 0 amide bonds. The maximum absolute atomic E-state index is 9.07. The molecule has 0 radical (unpaired) electrons. The van der Waals surface area contributed by atoms with Crippen molar-refractivity contribution in [3.05, 3.63) is 0 Å². The molecule has 1 heterocycles. The zero-order valence-corrected chi connectivity index (χ0v) is 6.82. The third kappa shape index (κ3) is 2.13. The van der Waals surface area contributed by atoms with Gasteiger partial charge in [-0.1, -0.05) is 0 Å². The van der Waals surface area contributed by atoms with Crippen molar-refractivity contribution >= 4 is 0 Å². The molecule has 4 nitrogen and oxygen atoms in total. The predicted molar refractivity (Wildman–Crippen MR) is 38.2 cm³/mol. The van der Waals surface area contributed by atoms with Crippen LogP contribution in [0.5, 0.6) is 0 Å². The van der Waals surface area contributed by atoms with Gasteiger partial charge in [0.25, 0.3) is 0 Å². The van der Waals surface area contributed by atoms with Gasteiger partial charge in [0.1, 0.15) is 6.10 Å². The standard InChI is InChI=1S/C7H14O4/c1-9-5-3-7(8)11-4-6(5)10-2/h5-8H,3-4H2,1-2H3/t5-,6+,7+/m0/s1. The molecule has 1 fully saturated rings. The first kappa shape index (κ1) is 8.93. The van der Waals surface area contributed by atoms with Gasteiger partial charge in [-0.05, 0) is 0 Å². The van der Waals surface area contributed by atoms with Gasteiger partial charge in [0, 0.05) is 20.6 Å². The molecule has 11 heavy (non-hydrogen) atoms. The van der Waals surface area contributed by atoms with E-state index in [1.54, 1.807) is 14.2 Å². The molecular formula is C7H14O4. The van der Waals surface area contributed by atoms with Gasteiger partial charge >= 0.3 is 0 Å². The number of hydrogen-bond acceptors (Lipinski definition) is 4. The summed E-state index contributed by atoms with van der Waals surface area (Å²) in [5.41, 5.74) is 0. The van der Waals surface area contributed by atoms with E-state index >= 15 is 0 Å². The van der Waals surface area contributed by atoms with Crippen molar-refractivity contribution in [2.24, 2.45) is 0 Å². The maximum atomic E-state index is 9.07. The van der Waals surface area contributed by atoms with Gasteiger partial charge in [0.05, 0.1) is 12.7 Å². The fraction of sp³-hybridized carbons (Fsp3) is 1.00. The van der Waals surface area contributed by atoms with Crippen LogP contribution in [0.25, 0.3) is 0 Å². The summed E-state index contributed by atoms with van der Waals surface area (Å²) in [6.07, 6.45) is -0.326. The van der Waals surface area contributed by atoms with E-state index in [9.17, 15) is 0 Å². The molecule has 0 bridgehead atoms. The van der Waals surface area contributed by atoms with E-state index in [-0.39, 0.29) is 12.2 Å². The van der Waals surface area contributed by atoms with Crippen LogP contribution in [0.15, 0.2) is 0 Å². The van der Waals surface area contributed by atoms with Crippen molar-refractivity contribution in [2.75, 3.05) is 20.8 Å². The van der Waals surface area contributed by atoms with E-state index in [4.69, 9.17) is 19.3 Å². The fourth-order valence-corrected chi connectivity index (χ4v) is 1.20. The van der Waals surface area contributed by atoms with Crippen LogP contribution < -0.4 is 0 Å². The number of aliphatic hydroxyl groups is 1. The van der Waals surface area contributed by atoms with E-state index < -0.39 is 6.29 Å². The van der Waals surface area contributed by atoms with Crippen molar-refractivity contribution < 1.29 is 19.3 Å².